The van der Waals surface area contributed by atoms with Gasteiger partial charge in [-0.25, -0.2) is 4.79 Å². The topological polar surface area (TPSA) is 59.1 Å². The van der Waals surface area contributed by atoms with Crippen LogP contribution in [0.1, 0.15) is 55.5 Å². The molecule has 0 aliphatic carbocycles. The Bertz CT molecular complexity index is 1130. The van der Waals surface area contributed by atoms with Gasteiger partial charge in [0.15, 0.2) is 6.29 Å². The van der Waals surface area contributed by atoms with Crippen LogP contribution in [-0.4, -0.2) is 61.4 Å². The number of amides is 1. The number of benzene rings is 2. The molecule has 3 heterocycles. The highest BCUT2D eigenvalue weighted by Crippen LogP contribution is 2.52. The highest BCUT2D eigenvalue weighted by molar-refractivity contribution is 7.99. The number of nitrogens with zero attached hydrogens (tertiary/aromatic N) is 2. The van der Waals surface area contributed by atoms with E-state index in [0.717, 1.165) is 42.6 Å². The number of ether oxygens (including phenoxy) is 2. The van der Waals surface area contributed by atoms with Crippen molar-refractivity contribution in [2.24, 2.45) is 0 Å². The number of methoxy groups -OCH3 is 1. The van der Waals surface area contributed by atoms with Gasteiger partial charge >= 0.3 is 6.09 Å². The zero-order chi connectivity index (χ0) is 24.0. The van der Waals surface area contributed by atoms with E-state index in [9.17, 15) is 9.59 Å². The maximum atomic E-state index is 12.9. The van der Waals surface area contributed by atoms with Crippen LogP contribution in [0.3, 0.4) is 0 Å². The lowest BCUT2D eigenvalue weighted by molar-refractivity contribution is 0.0189. The molecule has 5 rings (SSSR count). The summed E-state index contributed by atoms with van der Waals surface area (Å²) in [5, 5.41) is 0. The smallest absolute Gasteiger partial charge is 0.410 e. The van der Waals surface area contributed by atoms with Crippen molar-refractivity contribution in [3.63, 3.8) is 0 Å². The summed E-state index contributed by atoms with van der Waals surface area (Å²) in [4.78, 5) is 30.5. The van der Waals surface area contributed by atoms with Crippen molar-refractivity contribution >= 4 is 29.8 Å². The summed E-state index contributed by atoms with van der Waals surface area (Å²) in [5.41, 5.74) is 4.68. The van der Waals surface area contributed by atoms with E-state index >= 15 is 0 Å². The minimum atomic E-state index is -0.509. The van der Waals surface area contributed by atoms with Crippen molar-refractivity contribution in [3.8, 4) is 16.9 Å². The van der Waals surface area contributed by atoms with Crippen molar-refractivity contribution in [3.05, 3.63) is 41.5 Å². The molecule has 0 N–H and O–H groups in total. The van der Waals surface area contributed by atoms with Gasteiger partial charge in [-0.15, -0.1) is 11.8 Å². The molecule has 7 heteroatoms. The zero-order valence-corrected chi connectivity index (χ0v) is 21.1. The maximum Gasteiger partial charge on any atom is 0.410 e. The number of fused-ring (bicyclic) bond motifs is 3. The van der Waals surface area contributed by atoms with Crippen LogP contribution in [0.4, 0.5) is 10.5 Å². The normalized spacial score (nSPS) is 21.4. The third-order valence-corrected chi connectivity index (χ3v) is 8.03. The van der Waals surface area contributed by atoms with Crippen LogP contribution in [0.2, 0.25) is 0 Å². The molecule has 0 unspecified atom stereocenters. The minimum Gasteiger partial charge on any atom is -0.497 e. The summed E-state index contributed by atoms with van der Waals surface area (Å²) in [5.74, 6) is 1.98. The van der Waals surface area contributed by atoms with Crippen LogP contribution in [0.5, 0.6) is 5.75 Å². The van der Waals surface area contributed by atoms with Crippen LogP contribution >= 0.6 is 11.8 Å². The predicted molar refractivity (Wildman–Crippen MR) is 135 cm³/mol. The number of piperidine rings is 1. The number of likely N-dealkylation sites (tertiary alicyclic amines) is 1. The molecule has 1 saturated heterocycles. The summed E-state index contributed by atoms with van der Waals surface area (Å²) in [6, 6.07) is 10.5. The lowest BCUT2D eigenvalue weighted by atomic mass is 9.87. The molecule has 0 aromatic heterocycles. The summed E-state index contributed by atoms with van der Waals surface area (Å²) in [6.45, 7) is 8.13. The number of carbonyl (C=O) groups excluding carboxylic acids is 2. The highest BCUT2D eigenvalue weighted by atomic mass is 32.2. The number of anilines is 1. The highest BCUT2D eigenvalue weighted by Gasteiger charge is 2.45. The zero-order valence-electron chi connectivity index (χ0n) is 20.3. The second-order valence-corrected chi connectivity index (χ2v) is 11.4. The third kappa shape index (κ3) is 4.15. The predicted octanol–water partition coefficient (Wildman–Crippen LogP) is 5.58. The van der Waals surface area contributed by atoms with E-state index in [0.29, 0.717) is 30.4 Å². The Kier molecular flexibility index (Phi) is 6.00. The molecular weight excluding hydrogens is 448 g/mol. The fourth-order valence-corrected chi connectivity index (χ4v) is 6.56. The number of thioether (sulfide) groups is 1. The van der Waals surface area contributed by atoms with E-state index in [-0.39, 0.29) is 12.0 Å². The van der Waals surface area contributed by atoms with E-state index in [1.807, 2.05) is 49.6 Å². The fraction of sp³-hybridized carbons (Fsp3) is 0.481. The Labute approximate surface area is 205 Å². The van der Waals surface area contributed by atoms with Gasteiger partial charge in [0.1, 0.15) is 11.4 Å². The molecular formula is C27H32N2O4S. The van der Waals surface area contributed by atoms with Crippen molar-refractivity contribution < 1.29 is 19.1 Å². The minimum absolute atomic E-state index is 0.228. The van der Waals surface area contributed by atoms with Crippen LogP contribution in [0, 0.1) is 0 Å². The summed E-state index contributed by atoms with van der Waals surface area (Å²) >= 11 is 1.90. The van der Waals surface area contributed by atoms with Gasteiger partial charge < -0.3 is 19.3 Å². The molecule has 3 aliphatic rings. The molecule has 6 nitrogen and oxygen atoms in total. The van der Waals surface area contributed by atoms with Gasteiger partial charge in [0.25, 0.3) is 0 Å². The third-order valence-electron chi connectivity index (χ3n) is 6.92. The molecule has 3 aliphatic heterocycles. The van der Waals surface area contributed by atoms with Crippen LogP contribution in [0.15, 0.2) is 35.2 Å². The quantitative estimate of drug-likeness (QED) is 0.534. The van der Waals surface area contributed by atoms with Crippen LogP contribution in [-0.2, 0) is 4.74 Å². The van der Waals surface area contributed by atoms with Crippen molar-refractivity contribution in [1.82, 2.24) is 4.90 Å². The Balaban J connectivity index is 1.56. The van der Waals surface area contributed by atoms with E-state index in [1.54, 1.807) is 13.2 Å². The van der Waals surface area contributed by atoms with Gasteiger partial charge in [-0.05, 0) is 86.4 Å². The number of rotatable bonds is 3. The Hall–Kier alpha value is -2.67. The van der Waals surface area contributed by atoms with E-state index in [1.165, 1.54) is 16.1 Å². The molecule has 1 amide bonds. The van der Waals surface area contributed by atoms with Crippen molar-refractivity contribution in [1.29, 1.82) is 0 Å². The maximum absolute atomic E-state index is 12.9. The van der Waals surface area contributed by atoms with Gasteiger partial charge in [0.05, 0.1) is 12.8 Å². The molecule has 0 saturated carbocycles. The average molecular weight is 481 g/mol. The second kappa shape index (κ2) is 8.84. The average Bonchev–Trinajstić information content (AvgIpc) is 2.96. The molecule has 2 aromatic rings. The number of aldehydes is 1. The molecule has 34 heavy (non-hydrogen) atoms. The van der Waals surface area contributed by atoms with Gasteiger partial charge in [0, 0.05) is 42.1 Å². The first-order valence-corrected chi connectivity index (χ1v) is 13.0. The standard InChI is InChI=1S/C27H32N2O4S/c1-27(2,3)33-26(31)28-10-8-23-22(15-28)21-13-17(14-24-25(21)29(23)9-5-11-34-24)20-7-6-19(32-4)12-18(20)16-30/h6-7,12-14,16,22-23H,5,8-11,15H2,1-4H3/t22-,23-/m0/s1. The second-order valence-electron chi connectivity index (χ2n) is 10.3. The first kappa shape index (κ1) is 23.1. The molecule has 1 fully saturated rings. The van der Waals surface area contributed by atoms with Gasteiger partial charge in [-0.2, -0.15) is 0 Å². The SMILES string of the molecule is COc1ccc(-c2cc3c4c(c2)[C@@H]2CN(C(=O)OC(C)(C)C)CC[C@@H]2N4CCCS3)c(C=O)c1. The summed E-state index contributed by atoms with van der Waals surface area (Å²) in [7, 11) is 1.61. The molecule has 2 atom stereocenters. The van der Waals surface area contributed by atoms with Crippen LogP contribution in [0.25, 0.3) is 11.1 Å². The van der Waals surface area contributed by atoms with E-state index in [2.05, 4.69) is 17.0 Å². The molecule has 0 radical (unpaired) electrons. The lowest BCUT2D eigenvalue weighted by Gasteiger charge is -2.39. The number of hydrogen-bond acceptors (Lipinski definition) is 6. The molecule has 180 valence electrons. The van der Waals surface area contributed by atoms with Crippen molar-refractivity contribution in [2.45, 2.75) is 56.1 Å². The summed E-state index contributed by atoms with van der Waals surface area (Å²) in [6.07, 6.45) is 2.73. The number of hydrogen-bond donors (Lipinski definition) is 0. The Morgan fingerprint density at radius 1 is 1.18 bits per heavy atom. The lowest BCUT2D eigenvalue weighted by Crippen LogP contribution is -2.49. The van der Waals surface area contributed by atoms with Gasteiger partial charge in [0.2, 0.25) is 0 Å². The van der Waals surface area contributed by atoms with Crippen molar-refractivity contribution in [2.75, 3.05) is 37.4 Å². The van der Waals surface area contributed by atoms with E-state index < -0.39 is 5.60 Å². The Morgan fingerprint density at radius 2 is 2.00 bits per heavy atom. The Morgan fingerprint density at radius 3 is 2.74 bits per heavy atom. The first-order chi connectivity index (χ1) is 16.3. The fourth-order valence-electron chi connectivity index (χ4n) is 5.48. The van der Waals surface area contributed by atoms with Crippen LogP contribution < -0.4 is 9.64 Å². The van der Waals surface area contributed by atoms with E-state index in [4.69, 9.17) is 9.47 Å². The molecule has 0 spiro atoms. The van der Waals surface area contributed by atoms with Gasteiger partial charge in [-0.1, -0.05) is 0 Å². The monoisotopic (exact) mass is 480 g/mol. The molecule has 2 aromatic carbocycles. The molecule has 0 bridgehead atoms. The number of carbonyl (C=O) groups is 2. The largest absolute Gasteiger partial charge is 0.497 e. The summed E-state index contributed by atoms with van der Waals surface area (Å²) < 4.78 is 11.0. The van der Waals surface area contributed by atoms with Gasteiger partial charge in [-0.3, -0.25) is 4.79 Å². The first-order valence-electron chi connectivity index (χ1n) is 12.0.